The van der Waals surface area contributed by atoms with E-state index < -0.39 is 28.5 Å². The Morgan fingerprint density at radius 3 is 2.18 bits per heavy atom. The zero-order valence-corrected chi connectivity index (χ0v) is 28.1. The molecule has 7 nitrogen and oxygen atoms in total. The number of hydrogen-bond acceptors (Lipinski definition) is 4. The van der Waals surface area contributed by atoms with E-state index in [1.54, 1.807) is 48.5 Å². The first-order chi connectivity index (χ1) is 20.9. The highest BCUT2D eigenvalue weighted by Crippen LogP contribution is 2.30. The lowest BCUT2D eigenvalue weighted by atomic mass is 9.95. The molecule has 0 bridgehead atoms. The predicted molar refractivity (Wildman–Crippen MR) is 178 cm³/mol. The molecule has 44 heavy (non-hydrogen) atoms. The van der Waals surface area contributed by atoms with Gasteiger partial charge in [-0.25, -0.2) is 8.42 Å². The summed E-state index contributed by atoms with van der Waals surface area (Å²) in [5, 5.41) is 3.87. The topological polar surface area (TPSA) is 86.8 Å². The Kier molecular flexibility index (Phi) is 11.4. The maximum atomic E-state index is 14.4. The van der Waals surface area contributed by atoms with Gasteiger partial charge in [0.05, 0.1) is 20.6 Å². The third-order valence-electron chi connectivity index (χ3n) is 8.20. The Labute approximate surface area is 271 Å². The molecule has 1 aliphatic rings. The van der Waals surface area contributed by atoms with E-state index in [2.05, 4.69) is 5.32 Å². The summed E-state index contributed by atoms with van der Waals surface area (Å²) in [7, 11) is -4.15. The van der Waals surface area contributed by atoms with Crippen LogP contribution in [0.2, 0.25) is 10.0 Å². The maximum Gasteiger partial charge on any atom is 0.264 e. The molecule has 0 radical (unpaired) electrons. The van der Waals surface area contributed by atoms with Crippen LogP contribution in [0.3, 0.4) is 0 Å². The van der Waals surface area contributed by atoms with Crippen molar-refractivity contribution in [2.75, 3.05) is 10.8 Å². The molecule has 10 heteroatoms. The summed E-state index contributed by atoms with van der Waals surface area (Å²) in [5.74, 6) is -0.745. The number of nitrogens with one attached hydrogen (secondary N) is 1. The fourth-order valence-electron chi connectivity index (χ4n) is 5.64. The van der Waals surface area contributed by atoms with E-state index in [1.165, 1.54) is 4.90 Å². The Morgan fingerprint density at radius 1 is 0.886 bits per heavy atom. The number of carbonyl (C=O) groups is 2. The molecule has 0 aliphatic heterocycles. The van der Waals surface area contributed by atoms with Crippen LogP contribution in [0.5, 0.6) is 0 Å². The van der Waals surface area contributed by atoms with Gasteiger partial charge < -0.3 is 10.2 Å². The van der Waals surface area contributed by atoms with Crippen LogP contribution in [0.4, 0.5) is 5.69 Å². The standard InChI is InChI=1S/C34H41Cl2N3O4S/c1-5-31(34(41)37-27-9-7-6-8-10-27)38(21-26-15-18-29(35)30(36)20-26)33(40)22-39(32-19-24(3)11-14-25(32)4)44(42,43)28-16-12-23(2)13-17-28/h11-20,27,31H,5-10,21-22H2,1-4H3,(H,37,41)/t31-/m0/s1. The molecule has 0 aromatic heterocycles. The lowest BCUT2D eigenvalue weighted by molar-refractivity contribution is -0.140. The summed E-state index contributed by atoms with van der Waals surface area (Å²) >= 11 is 12.5. The van der Waals surface area contributed by atoms with Crippen LogP contribution in [-0.2, 0) is 26.2 Å². The molecule has 0 unspecified atom stereocenters. The molecule has 1 fully saturated rings. The van der Waals surface area contributed by atoms with Gasteiger partial charge in [-0.1, -0.05) is 85.3 Å². The molecule has 2 amide bonds. The van der Waals surface area contributed by atoms with Gasteiger partial charge in [0, 0.05) is 12.6 Å². The number of anilines is 1. The molecule has 1 N–H and O–H groups in total. The van der Waals surface area contributed by atoms with Crippen LogP contribution < -0.4 is 9.62 Å². The highest BCUT2D eigenvalue weighted by Gasteiger charge is 2.35. The van der Waals surface area contributed by atoms with E-state index in [9.17, 15) is 18.0 Å². The average Bonchev–Trinajstić information content (AvgIpc) is 2.99. The van der Waals surface area contributed by atoms with Gasteiger partial charge in [-0.3, -0.25) is 13.9 Å². The normalized spacial score (nSPS) is 14.6. The van der Waals surface area contributed by atoms with Crippen LogP contribution in [0.15, 0.2) is 65.6 Å². The minimum absolute atomic E-state index is 0.0531. The van der Waals surface area contributed by atoms with Gasteiger partial charge >= 0.3 is 0 Å². The highest BCUT2D eigenvalue weighted by molar-refractivity contribution is 7.92. The zero-order valence-electron chi connectivity index (χ0n) is 25.8. The summed E-state index contributed by atoms with van der Waals surface area (Å²) in [4.78, 5) is 29.7. The molecule has 236 valence electrons. The number of hydrogen-bond donors (Lipinski definition) is 1. The van der Waals surface area contributed by atoms with Crippen molar-refractivity contribution in [1.29, 1.82) is 0 Å². The number of amides is 2. The molecule has 4 rings (SSSR count). The Hall–Kier alpha value is -3.07. The van der Waals surface area contributed by atoms with Crippen molar-refractivity contribution in [3.05, 3.63) is 93.0 Å². The Morgan fingerprint density at radius 2 is 1.55 bits per heavy atom. The van der Waals surface area contributed by atoms with Crippen LogP contribution in [0.25, 0.3) is 0 Å². The van der Waals surface area contributed by atoms with Crippen molar-refractivity contribution < 1.29 is 18.0 Å². The average molecular weight is 659 g/mol. The first kappa shape index (κ1) is 33.8. The molecular formula is C34H41Cl2N3O4S. The van der Waals surface area contributed by atoms with Gasteiger partial charge in [-0.05, 0) is 87.1 Å². The number of carbonyl (C=O) groups excluding carboxylic acids is 2. The molecule has 0 saturated heterocycles. The van der Waals surface area contributed by atoms with E-state index in [-0.39, 0.29) is 23.4 Å². The summed E-state index contributed by atoms with van der Waals surface area (Å²) < 4.78 is 29.5. The predicted octanol–water partition coefficient (Wildman–Crippen LogP) is 7.37. The summed E-state index contributed by atoms with van der Waals surface area (Å²) in [6.45, 7) is 6.99. The third kappa shape index (κ3) is 8.14. The van der Waals surface area contributed by atoms with Crippen LogP contribution in [0.1, 0.15) is 67.7 Å². The second-order valence-electron chi connectivity index (χ2n) is 11.7. The second kappa shape index (κ2) is 14.8. The van der Waals surface area contributed by atoms with E-state index in [0.29, 0.717) is 33.3 Å². The molecule has 3 aromatic carbocycles. The first-order valence-corrected chi connectivity index (χ1v) is 17.3. The zero-order chi connectivity index (χ0) is 32.0. The van der Waals surface area contributed by atoms with Crippen LogP contribution >= 0.6 is 23.2 Å². The largest absolute Gasteiger partial charge is 0.352 e. The van der Waals surface area contributed by atoms with Gasteiger partial charge in [-0.15, -0.1) is 0 Å². The number of rotatable bonds is 11. The van der Waals surface area contributed by atoms with Crippen molar-refractivity contribution in [1.82, 2.24) is 10.2 Å². The molecule has 0 heterocycles. The number of nitrogens with zero attached hydrogens (tertiary/aromatic N) is 2. The fourth-order valence-corrected chi connectivity index (χ4v) is 7.43. The van der Waals surface area contributed by atoms with Crippen molar-refractivity contribution in [3.8, 4) is 0 Å². The SMILES string of the molecule is CC[C@@H](C(=O)NC1CCCCC1)N(Cc1ccc(Cl)c(Cl)c1)C(=O)CN(c1cc(C)ccc1C)S(=O)(=O)c1ccc(C)cc1. The van der Waals surface area contributed by atoms with Gasteiger partial charge in [0.1, 0.15) is 12.6 Å². The molecule has 3 aromatic rings. The molecule has 0 spiro atoms. The summed E-state index contributed by atoms with van der Waals surface area (Å²) in [6, 6.07) is 16.4. The van der Waals surface area contributed by atoms with Crippen LogP contribution in [0, 0.1) is 20.8 Å². The molecular weight excluding hydrogens is 617 g/mol. The van der Waals surface area contributed by atoms with E-state index in [4.69, 9.17) is 23.2 Å². The maximum absolute atomic E-state index is 14.4. The van der Waals surface area contributed by atoms with Crippen molar-refractivity contribution in [2.45, 2.75) is 89.7 Å². The monoisotopic (exact) mass is 657 g/mol. The fraction of sp³-hybridized carbons (Fsp3) is 0.412. The van der Waals surface area contributed by atoms with Crippen molar-refractivity contribution in [3.63, 3.8) is 0 Å². The quantitative estimate of drug-likeness (QED) is 0.233. The van der Waals surface area contributed by atoms with Crippen molar-refractivity contribution >= 4 is 50.7 Å². The van der Waals surface area contributed by atoms with E-state index >= 15 is 0 Å². The smallest absolute Gasteiger partial charge is 0.264 e. The summed E-state index contributed by atoms with van der Waals surface area (Å²) in [6.07, 6.45) is 5.40. The number of benzene rings is 3. The summed E-state index contributed by atoms with van der Waals surface area (Å²) in [5.41, 5.74) is 3.57. The minimum atomic E-state index is -4.15. The van der Waals surface area contributed by atoms with E-state index in [0.717, 1.165) is 47.5 Å². The van der Waals surface area contributed by atoms with Gasteiger partial charge in [0.15, 0.2) is 0 Å². The minimum Gasteiger partial charge on any atom is -0.352 e. The van der Waals surface area contributed by atoms with Gasteiger partial charge in [0.25, 0.3) is 10.0 Å². The van der Waals surface area contributed by atoms with E-state index in [1.807, 2.05) is 39.8 Å². The van der Waals surface area contributed by atoms with Gasteiger partial charge in [0.2, 0.25) is 11.8 Å². The van der Waals surface area contributed by atoms with Crippen molar-refractivity contribution in [2.24, 2.45) is 0 Å². The molecule has 1 aliphatic carbocycles. The Balaban J connectivity index is 1.75. The second-order valence-corrected chi connectivity index (χ2v) is 14.3. The Bertz CT molecular complexity index is 1590. The molecule has 1 atom stereocenters. The lowest BCUT2D eigenvalue weighted by Gasteiger charge is -2.35. The molecule has 1 saturated carbocycles. The lowest BCUT2D eigenvalue weighted by Crippen LogP contribution is -2.54. The highest BCUT2D eigenvalue weighted by atomic mass is 35.5. The number of sulfonamides is 1. The first-order valence-electron chi connectivity index (χ1n) is 15.1. The number of aryl methyl sites for hydroxylation is 3. The number of halogens is 2. The van der Waals surface area contributed by atoms with Gasteiger partial charge in [-0.2, -0.15) is 0 Å². The van der Waals surface area contributed by atoms with Crippen LogP contribution in [-0.4, -0.2) is 43.8 Å². The third-order valence-corrected chi connectivity index (χ3v) is 10.7.